The zero-order valence-corrected chi connectivity index (χ0v) is 15.9. The number of sulfonamides is 1. The third kappa shape index (κ3) is 5.97. The van der Waals surface area contributed by atoms with E-state index in [9.17, 15) is 13.2 Å². The van der Waals surface area contributed by atoms with Crippen molar-refractivity contribution in [3.63, 3.8) is 0 Å². The van der Waals surface area contributed by atoms with Gasteiger partial charge in [-0.1, -0.05) is 55.3 Å². The zero-order valence-electron chi connectivity index (χ0n) is 15.1. The summed E-state index contributed by atoms with van der Waals surface area (Å²) in [4.78, 5) is 14.5. The Morgan fingerprint density at radius 2 is 1.92 bits per heavy atom. The molecule has 6 heteroatoms. The van der Waals surface area contributed by atoms with Crippen LogP contribution in [0.1, 0.15) is 37.7 Å². The Kier molecular flexibility index (Phi) is 7.20. The Hall–Kier alpha value is -1.66. The first kappa shape index (κ1) is 19.7. The van der Waals surface area contributed by atoms with Crippen LogP contribution >= 0.6 is 0 Å². The normalized spacial score (nSPS) is 19.3. The van der Waals surface area contributed by atoms with E-state index in [0.29, 0.717) is 6.54 Å². The van der Waals surface area contributed by atoms with E-state index < -0.39 is 10.0 Å². The summed E-state index contributed by atoms with van der Waals surface area (Å²) < 4.78 is 25.0. The third-order valence-corrected chi connectivity index (χ3v) is 6.39. The molecule has 1 atom stereocenters. The van der Waals surface area contributed by atoms with Crippen LogP contribution in [0.2, 0.25) is 0 Å². The summed E-state index contributed by atoms with van der Waals surface area (Å²) in [5.41, 5.74) is 1.11. The molecule has 0 N–H and O–H groups in total. The highest BCUT2D eigenvalue weighted by molar-refractivity contribution is 7.89. The molecule has 138 valence electrons. The lowest BCUT2D eigenvalue weighted by Gasteiger charge is -2.28. The van der Waals surface area contributed by atoms with E-state index in [1.165, 1.54) is 18.4 Å². The molecule has 1 amide bonds. The lowest BCUT2D eigenvalue weighted by molar-refractivity contribution is -0.132. The van der Waals surface area contributed by atoms with E-state index in [1.54, 1.807) is 0 Å². The predicted octanol–water partition coefficient (Wildman–Crippen LogP) is 2.75. The molecule has 25 heavy (non-hydrogen) atoms. The van der Waals surface area contributed by atoms with Crippen LogP contribution in [0, 0.1) is 0 Å². The van der Waals surface area contributed by atoms with E-state index in [-0.39, 0.29) is 24.1 Å². The number of hydrogen-bond acceptors (Lipinski definition) is 3. The van der Waals surface area contributed by atoms with E-state index in [1.807, 2.05) is 41.3 Å². The van der Waals surface area contributed by atoms with E-state index in [4.69, 9.17) is 0 Å². The van der Waals surface area contributed by atoms with E-state index in [2.05, 4.69) is 6.08 Å². The van der Waals surface area contributed by atoms with Crippen molar-refractivity contribution in [2.24, 2.45) is 0 Å². The quantitative estimate of drug-likeness (QED) is 0.780. The van der Waals surface area contributed by atoms with Gasteiger partial charge in [-0.25, -0.2) is 12.7 Å². The molecule has 1 aromatic rings. The molecule has 0 spiro atoms. The second kappa shape index (κ2) is 9.15. The number of likely N-dealkylation sites (tertiary alicyclic amines) is 1. The van der Waals surface area contributed by atoms with Crippen LogP contribution in [0.15, 0.2) is 36.4 Å². The molecule has 1 heterocycles. The maximum atomic E-state index is 12.7. The van der Waals surface area contributed by atoms with Gasteiger partial charge in [0.15, 0.2) is 0 Å². The minimum absolute atomic E-state index is 0.0379. The first-order chi connectivity index (χ1) is 11.9. The topological polar surface area (TPSA) is 57.7 Å². The maximum Gasteiger partial charge on any atom is 0.224 e. The fourth-order valence-electron chi connectivity index (χ4n) is 2.97. The fourth-order valence-corrected chi connectivity index (χ4v) is 3.77. The SMILES string of the molecule is CN(C)S(=O)(=O)CCC(=O)N1CCCCCC1C=Cc1ccccc1. The molecule has 2 rings (SSSR count). The van der Waals surface area contributed by atoms with Crippen LogP contribution in [0.5, 0.6) is 0 Å². The fraction of sp³-hybridized carbons (Fsp3) is 0.526. The van der Waals surface area contributed by atoms with Crippen LogP contribution < -0.4 is 0 Å². The molecular formula is C19H28N2O3S. The molecule has 1 aliphatic rings. The Balaban J connectivity index is 2.06. The van der Waals surface area contributed by atoms with Gasteiger partial charge in [-0.05, 0) is 18.4 Å². The predicted molar refractivity (Wildman–Crippen MR) is 102 cm³/mol. The van der Waals surface area contributed by atoms with Crippen LogP contribution in [-0.4, -0.2) is 56.0 Å². The number of benzene rings is 1. The first-order valence-corrected chi connectivity index (χ1v) is 10.4. The lowest BCUT2D eigenvalue weighted by atomic mass is 10.1. The van der Waals surface area contributed by atoms with Gasteiger partial charge in [0.25, 0.3) is 0 Å². The molecule has 1 aliphatic heterocycles. The van der Waals surface area contributed by atoms with Crippen LogP contribution in [0.3, 0.4) is 0 Å². The number of nitrogens with zero attached hydrogens (tertiary/aromatic N) is 2. The van der Waals surface area contributed by atoms with Crippen molar-refractivity contribution < 1.29 is 13.2 Å². The second-order valence-electron chi connectivity index (χ2n) is 6.62. The first-order valence-electron chi connectivity index (χ1n) is 8.83. The molecular weight excluding hydrogens is 336 g/mol. The molecule has 1 saturated heterocycles. The van der Waals surface area contributed by atoms with Crippen molar-refractivity contribution in [3.8, 4) is 0 Å². The Morgan fingerprint density at radius 3 is 2.60 bits per heavy atom. The van der Waals surface area contributed by atoms with Gasteiger partial charge in [0.2, 0.25) is 15.9 Å². The summed E-state index contributed by atoms with van der Waals surface area (Å²) >= 11 is 0. The van der Waals surface area contributed by atoms with Crippen molar-refractivity contribution in [1.29, 1.82) is 0 Å². The standard InChI is InChI=1S/C19H28N2O3S/c1-20(2)25(23,24)16-14-19(22)21-15-8-4-7-11-18(21)13-12-17-9-5-3-6-10-17/h3,5-6,9-10,12-13,18H,4,7-8,11,14-16H2,1-2H3. The van der Waals surface area contributed by atoms with Crippen molar-refractivity contribution in [2.75, 3.05) is 26.4 Å². The monoisotopic (exact) mass is 364 g/mol. The molecule has 0 saturated carbocycles. The molecule has 5 nitrogen and oxygen atoms in total. The van der Waals surface area contributed by atoms with Gasteiger partial charge >= 0.3 is 0 Å². The Bertz CT molecular complexity index is 684. The summed E-state index contributed by atoms with van der Waals surface area (Å²) in [6.07, 6.45) is 8.26. The Labute approximate surface area is 151 Å². The van der Waals surface area contributed by atoms with Crippen LogP contribution in [-0.2, 0) is 14.8 Å². The van der Waals surface area contributed by atoms with E-state index >= 15 is 0 Å². The van der Waals surface area contributed by atoms with Crippen LogP contribution in [0.25, 0.3) is 6.08 Å². The summed E-state index contributed by atoms with van der Waals surface area (Å²) in [5.74, 6) is -0.209. The highest BCUT2D eigenvalue weighted by atomic mass is 32.2. The molecule has 0 bridgehead atoms. The minimum Gasteiger partial charge on any atom is -0.336 e. The average Bonchev–Trinajstić information content (AvgIpc) is 2.84. The van der Waals surface area contributed by atoms with Gasteiger partial charge in [0.1, 0.15) is 0 Å². The van der Waals surface area contributed by atoms with Crippen molar-refractivity contribution in [2.45, 2.75) is 38.1 Å². The molecule has 0 aromatic heterocycles. The lowest BCUT2D eigenvalue weighted by Crippen LogP contribution is -2.40. The van der Waals surface area contributed by atoms with E-state index in [0.717, 1.165) is 31.2 Å². The zero-order chi connectivity index (χ0) is 18.3. The number of carbonyl (C=O) groups excluding carboxylic acids is 1. The number of carbonyl (C=O) groups is 1. The molecule has 1 unspecified atom stereocenters. The van der Waals surface area contributed by atoms with Crippen molar-refractivity contribution in [3.05, 3.63) is 42.0 Å². The van der Waals surface area contributed by atoms with Crippen molar-refractivity contribution >= 4 is 22.0 Å². The largest absolute Gasteiger partial charge is 0.336 e. The number of rotatable bonds is 6. The summed E-state index contributed by atoms with van der Waals surface area (Å²) in [5, 5.41) is 0. The van der Waals surface area contributed by atoms with Gasteiger partial charge in [-0.2, -0.15) is 0 Å². The van der Waals surface area contributed by atoms with Gasteiger partial charge in [-0.15, -0.1) is 0 Å². The third-order valence-electron chi connectivity index (χ3n) is 4.56. The van der Waals surface area contributed by atoms with Crippen molar-refractivity contribution in [1.82, 2.24) is 9.21 Å². The number of amides is 1. The molecule has 0 aliphatic carbocycles. The van der Waals surface area contributed by atoms with Gasteiger partial charge in [0, 0.05) is 27.1 Å². The summed E-state index contributed by atoms with van der Waals surface area (Å²) in [6.45, 7) is 0.699. The molecule has 1 aromatic carbocycles. The van der Waals surface area contributed by atoms with Gasteiger partial charge in [-0.3, -0.25) is 4.79 Å². The molecule has 0 radical (unpaired) electrons. The van der Waals surface area contributed by atoms with Gasteiger partial charge in [0.05, 0.1) is 11.8 Å². The minimum atomic E-state index is -3.35. The highest BCUT2D eigenvalue weighted by Gasteiger charge is 2.25. The highest BCUT2D eigenvalue weighted by Crippen LogP contribution is 2.20. The molecule has 1 fully saturated rings. The van der Waals surface area contributed by atoms with Gasteiger partial charge < -0.3 is 4.90 Å². The maximum absolute atomic E-state index is 12.7. The Morgan fingerprint density at radius 1 is 1.20 bits per heavy atom. The summed E-state index contributed by atoms with van der Waals surface area (Å²) in [6, 6.07) is 10.1. The van der Waals surface area contributed by atoms with Crippen LogP contribution in [0.4, 0.5) is 0 Å². The second-order valence-corrected chi connectivity index (χ2v) is 8.92. The number of hydrogen-bond donors (Lipinski definition) is 0. The summed E-state index contributed by atoms with van der Waals surface area (Å²) in [7, 11) is -0.352. The smallest absolute Gasteiger partial charge is 0.224 e. The average molecular weight is 365 g/mol.